The SMILES string of the molecule is FC(F)(F)c1ccc(CC(Cl)c2cc(Br)c(Cl)s2)cc1. The molecule has 0 aliphatic heterocycles. The van der Waals surface area contributed by atoms with E-state index in [9.17, 15) is 13.2 Å². The van der Waals surface area contributed by atoms with E-state index in [0.717, 1.165) is 27.0 Å². The Morgan fingerprint density at radius 1 is 1.20 bits per heavy atom. The third-order valence-electron chi connectivity index (χ3n) is 2.67. The van der Waals surface area contributed by atoms with Crippen LogP contribution in [0.25, 0.3) is 0 Å². The second-order valence-electron chi connectivity index (χ2n) is 4.14. The molecule has 0 N–H and O–H groups in total. The molecular weight excluding hydrogens is 396 g/mol. The first-order valence-corrected chi connectivity index (χ1v) is 7.94. The Kier molecular flexibility index (Phi) is 5.05. The molecule has 0 fully saturated rings. The zero-order valence-corrected chi connectivity index (χ0v) is 13.8. The lowest BCUT2D eigenvalue weighted by Crippen LogP contribution is -2.04. The summed E-state index contributed by atoms with van der Waals surface area (Å²) >= 11 is 16.9. The van der Waals surface area contributed by atoms with Crippen LogP contribution in [0.3, 0.4) is 0 Å². The number of thiophene rings is 1. The number of hydrogen-bond acceptors (Lipinski definition) is 1. The molecule has 1 atom stereocenters. The monoisotopic (exact) mass is 402 g/mol. The van der Waals surface area contributed by atoms with Crippen LogP contribution in [0.1, 0.15) is 21.4 Å². The standard InChI is InChI=1S/C13H8BrCl2F3S/c14-9-6-11(20-12(9)16)10(15)5-7-1-3-8(4-2-7)13(17,18)19/h1-4,6,10H,5H2. The summed E-state index contributed by atoms with van der Waals surface area (Å²) in [6.07, 6.45) is -3.87. The molecule has 0 bridgehead atoms. The molecule has 108 valence electrons. The minimum Gasteiger partial charge on any atom is -0.166 e. The summed E-state index contributed by atoms with van der Waals surface area (Å²) in [4.78, 5) is 0.878. The molecule has 0 nitrogen and oxygen atoms in total. The molecule has 20 heavy (non-hydrogen) atoms. The van der Waals surface area contributed by atoms with Crippen LogP contribution in [0.4, 0.5) is 13.2 Å². The van der Waals surface area contributed by atoms with Gasteiger partial charge in [-0.1, -0.05) is 23.7 Å². The molecule has 2 aromatic rings. The van der Waals surface area contributed by atoms with Gasteiger partial charge in [0.05, 0.1) is 10.9 Å². The Hall–Kier alpha value is -0.230. The van der Waals surface area contributed by atoms with Crippen LogP contribution in [0, 0.1) is 0 Å². The lowest BCUT2D eigenvalue weighted by Gasteiger charge is -2.10. The van der Waals surface area contributed by atoms with Gasteiger partial charge in [0.15, 0.2) is 0 Å². The van der Waals surface area contributed by atoms with Crippen LogP contribution in [0.15, 0.2) is 34.8 Å². The van der Waals surface area contributed by atoms with Gasteiger partial charge in [0.1, 0.15) is 4.34 Å². The fourth-order valence-electron chi connectivity index (χ4n) is 1.66. The maximum absolute atomic E-state index is 12.4. The zero-order valence-electron chi connectivity index (χ0n) is 9.85. The maximum Gasteiger partial charge on any atom is 0.416 e. The van der Waals surface area contributed by atoms with Gasteiger partial charge in [-0.15, -0.1) is 22.9 Å². The first-order chi connectivity index (χ1) is 9.27. The fraction of sp³-hybridized carbons (Fsp3) is 0.231. The van der Waals surface area contributed by atoms with Gasteiger partial charge in [-0.2, -0.15) is 13.2 Å². The van der Waals surface area contributed by atoms with E-state index in [-0.39, 0.29) is 5.38 Å². The molecule has 2 rings (SSSR count). The molecule has 0 spiro atoms. The van der Waals surface area contributed by atoms with E-state index < -0.39 is 11.7 Å². The largest absolute Gasteiger partial charge is 0.416 e. The Labute approximate surface area is 136 Å². The van der Waals surface area contributed by atoms with Crippen LogP contribution in [0.5, 0.6) is 0 Å². The van der Waals surface area contributed by atoms with Crippen LogP contribution >= 0.6 is 50.5 Å². The number of rotatable bonds is 3. The molecule has 1 heterocycles. The van der Waals surface area contributed by atoms with Crippen molar-refractivity contribution in [2.45, 2.75) is 18.0 Å². The second-order valence-corrected chi connectivity index (χ2v) is 7.20. The Balaban J connectivity index is 2.10. The predicted molar refractivity (Wildman–Crippen MR) is 80.8 cm³/mol. The molecule has 0 amide bonds. The van der Waals surface area contributed by atoms with Gasteiger partial charge in [0, 0.05) is 9.35 Å². The number of halogens is 6. The molecule has 1 unspecified atom stereocenters. The van der Waals surface area contributed by atoms with E-state index in [1.807, 2.05) is 6.07 Å². The second kappa shape index (κ2) is 6.26. The van der Waals surface area contributed by atoms with E-state index in [4.69, 9.17) is 23.2 Å². The molecule has 7 heteroatoms. The summed E-state index contributed by atoms with van der Waals surface area (Å²) in [6.45, 7) is 0. The van der Waals surface area contributed by atoms with Crippen molar-refractivity contribution < 1.29 is 13.2 Å². The highest BCUT2D eigenvalue weighted by Crippen LogP contribution is 2.39. The van der Waals surface area contributed by atoms with E-state index in [1.54, 1.807) is 0 Å². The normalized spacial score (nSPS) is 13.5. The van der Waals surface area contributed by atoms with Gasteiger partial charge in [-0.05, 0) is 46.1 Å². The van der Waals surface area contributed by atoms with E-state index in [0.29, 0.717) is 10.8 Å². The van der Waals surface area contributed by atoms with Crippen molar-refractivity contribution in [1.29, 1.82) is 0 Å². The summed E-state index contributed by atoms with van der Waals surface area (Å²) < 4.78 is 38.7. The molecule has 0 radical (unpaired) electrons. The lowest BCUT2D eigenvalue weighted by molar-refractivity contribution is -0.137. The summed E-state index contributed by atoms with van der Waals surface area (Å²) in [5.41, 5.74) is 0.0907. The highest BCUT2D eigenvalue weighted by molar-refractivity contribution is 9.10. The Bertz CT molecular complexity index is 573. The van der Waals surface area contributed by atoms with Gasteiger partial charge < -0.3 is 0 Å². The smallest absolute Gasteiger partial charge is 0.166 e. The van der Waals surface area contributed by atoms with Crippen LogP contribution in [-0.2, 0) is 12.6 Å². The highest BCUT2D eigenvalue weighted by Gasteiger charge is 2.30. The van der Waals surface area contributed by atoms with Crippen LogP contribution < -0.4 is 0 Å². The highest BCUT2D eigenvalue weighted by atomic mass is 79.9. The summed E-state index contributed by atoms with van der Waals surface area (Å²) in [6, 6.07) is 6.85. The fourth-order valence-corrected chi connectivity index (χ4v) is 3.74. The summed E-state index contributed by atoms with van der Waals surface area (Å²) in [5.74, 6) is 0. The molecule has 0 saturated carbocycles. The number of benzene rings is 1. The third kappa shape index (κ3) is 3.91. The van der Waals surface area contributed by atoms with Crippen LogP contribution in [0.2, 0.25) is 4.34 Å². The van der Waals surface area contributed by atoms with Crippen molar-refractivity contribution in [3.8, 4) is 0 Å². The summed E-state index contributed by atoms with van der Waals surface area (Å²) in [5, 5.41) is -0.319. The van der Waals surface area contributed by atoms with Gasteiger partial charge in [0.25, 0.3) is 0 Å². The Morgan fingerprint density at radius 2 is 1.80 bits per heavy atom. The van der Waals surface area contributed by atoms with Crippen molar-refractivity contribution in [2.24, 2.45) is 0 Å². The average Bonchev–Trinajstić information content (AvgIpc) is 2.69. The minimum absolute atomic E-state index is 0.319. The van der Waals surface area contributed by atoms with Crippen LogP contribution in [-0.4, -0.2) is 0 Å². The van der Waals surface area contributed by atoms with E-state index in [2.05, 4.69) is 15.9 Å². The topological polar surface area (TPSA) is 0 Å². The minimum atomic E-state index is -4.31. The van der Waals surface area contributed by atoms with Crippen molar-refractivity contribution in [2.75, 3.05) is 0 Å². The first-order valence-electron chi connectivity index (χ1n) is 5.52. The molecular formula is C13H8BrCl2F3S. The third-order valence-corrected chi connectivity index (χ3v) is 5.78. The zero-order chi connectivity index (χ0) is 14.9. The lowest BCUT2D eigenvalue weighted by atomic mass is 10.1. The number of alkyl halides is 4. The molecule has 1 aromatic carbocycles. The summed E-state index contributed by atoms with van der Waals surface area (Å²) in [7, 11) is 0. The van der Waals surface area contributed by atoms with Gasteiger partial charge in [0.2, 0.25) is 0 Å². The van der Waals surface area contributed by atoms with Gasteiger partial charge in [-0.25, -0.2) is 0 Å². The van der Waals surface area contributed by atoms with Gasteiger partial charge >= 0.3 is 6.18 Å². The molecule has 1 aromatic heterocycles. The molecule has 0 aliphatic rings. The molecule has 0 aliphatic carbocycles. The maximum atomic E-state index is 12.4. The van der Waals surface area contributed by atoms with E-state index in [1.165, 1.54) is 23.5 Å². The van der Waals surface area contributed by atoms with Crippen molar-refractivity contribution in [3.63, 3.8) is 0 Å². The number of hydrogen-bond donors (Lipinski definition) is 0. The Morgan fingerprint density at radius 3 is 2.25 bits per heavy atom. The first kappa shape index (κ1) is 16.1. The molecule has 0 saturated heterocycles. The van der Waals surface area contributed by atoms with Gasteiger partial charge in [-0.3, -0.25) is 0 Å². The van der Waals surface area contributed by atoms with Crippen molar-refractivity contribution >= 4 is 50.5 Å². The average molecular weight is 404 g/mol. The van der Waals surface area contributed by atoms with Crippen molar-refractivity contribution in [3.05, 3.63) is 55.1 Å². The van der Waals surface area contributed by atoms with E-state index >= 15 is 0 Å². The predicted octanol–water partition coefficient (Wildman–Crippen LogP) is 6.71. The van der Waals surface area contributed by atoms with Crippen molar-refractivity contribution in [1.82, 2.24) is 0 Å². The quantitative estimate of drug-likeness (QED) is 0.500.